The molecule has 8 heteroatoms. The molecule has 1 unspecified atom stereocenters. The Hall–Kier alpha value is -1.57. The van der Waals surface area contributed by atoms with E-state index in [1.807, 2.05) is 14.0 Å². The van der Waals surface area contributed by atoms with Crippen molar-refractivity contribution < 1.29 is 0 Å². The second-order valence-electron chi connectivity index (χ2n) is 4.50. The summed E-state index contributed by atoms with van der Waals surface area (Å²) < 4.78 is 3.37. The number of hydrogen-bond donors (Lipinski definition) is 3. The molecule has 5 N–H and O–H groups in total. The van der Waals surface area contributed by atoms with E-state index in [9.17, 15) is 0 Å². The van der Waals surface area contributed by atoms with E-state index in [2.05, 4.69) is 15.6 Å². The molecule has 2 aromatic heterocycles. The summed E-state index contributed by atoms with van der Waals surface area (Å²) in [6, 6.07) is -0.166. The van der Waals surface area contributed by atoms with Gasteiger partial charge in [-0.15, -0.1) is 0 Å². The molecule has 104 valence electrons. The Morgan fingerprint density at radius 2 is 2.11 bits per heavy atom. The van der Waals surface area contributed by atoms with Crippen LogP contribution >= 0.6 is 11.6 Å². The molecule has 0 spiro atoms. The summed E-state index contributed by atoms with van der Waals surface area (Å²) in [4.78, 5) is 0. The SMILES string of the molecule is Cc1nn(C)c(CC(NN)c2cnn(C)c2N)c1Cl. The van der Waals surface area contributed by atoms with E-state index in [0.717, 1.165) is 17.0 Å². The van der Waals surface area contributed by atoms with Crippen LogP contribution in [0.5, 0.6) is 0 Å². The number of nitrogens with one attached hydrogen (secondary N) is 1. The van der Waals surface area contributed by atoms with Crippen LogP contribution in [0.4, 0.5) is 5.82 Å². The fourth-order valence-corrected chi connectivity index (χ4v) is 2.32. The van der Waals surface area contributed by atoms with E-state index in [-0.39, 0.29) is 6.04 Å². The highest BCUT2D eigenvalue weighted by atomic mass is 35.5. The molecule has 1 atom stereocenters. The quantitative estimate of drug-likeness (QED) is 0.559. The molecular formula is C11H18ClN7. The predicted octanol–water partition coefficient (Wildman–Crippen LogP) is 0.445. The molecule has 0 amide bonds. The Bertz CT molecular complexity index is 586. The Morgan fingerprint density at radius 3 is 2.53 bits per heavy atom. The zero-order valence-corrected chi connectivity index (χ0v) is 11.9. The Balaban J connectivity index is 2.32. The van der Waals surface area contributed by atoms with E-state index in [1.54, 1.807) is 22.6 Å². The number of halogens is 1. The van der Waals surface area contributed by atoms with Crippen molar-refractivity contribution in [2.75, 3.05) is 5.73 Å². The van der Waals surface area contributed by atoms with E-state index < -0.39 is 0 Å². The molecule has 0 radical (unpaired) electrons. The van der Waals surface area contributed by atoms with E-state index in [0.29, 0.717) is 17.3 Å². The van der Waals surface area contributed by atoms with Gasteiger partial charge < -0.3 is 5.73 Å². The minimum absolute atomic E-state index is 0.166. The number of aromatic nitrogens is 4. The molecule has 0 aliphatic carbocycles. The van der Waals surface area contributed by atoms with Crippen LogP contribution in [0, 0.1) is 6.92 Å². The Labute approximate surface area is 116 Å². The lowest BCUT2D eigenvalue weighted by Crippen LogP contribution is -2.30. The van der Waals surface area contributed by atoms with Crippen molar-refractivity contribution in [3.05, 3.63) is 28.2 Å². The van der Waals surface area contributed by atoms with E-state index in [4.69, 9.17) is 23.2 Å². The average Bonchev–Trinajstić information content (AvgIpc) is 2.81. The molecular weight excluding hydrogens is 266 g/mol. The van der Waals surface area contributed by atoms with Crippen LogP contribution in [0.2, 0.25) is 5.02 Å². The average molecular weight is 284 g/mol. The Kier molecular flexibility index (Phi) is 3.79. The van der Waals surface area contributed by atoms with Gasteiger partial charge in [-0.1, -0.05) is 11.6 Å². The van der Waals surface area contributed by atoms with E-state index in [1.165, 1.54) is 0 Å². The minimum Gasteiger partial charge on any atom is -0.384 e. The fourth-order valence-electron chi connectivity index (χ4n) is 2.09. The first-order valence-corrected chi connectivity index (χ1v) is 6.25. The van der Waals surface area contributed by atoms with Gasteiger partial charge in [-0.3, -0.25) is 20.6 Å². The van der Waals surface area contributed by atoms with Gasteiger partial charge in [0.2, 0.25) is 0 Å². The van der Waals surface area contributed by atoms with Crippen LogP contribution in [0.3, 0.4) is 0 Å². The lowest BCUT2D eigenvalue weighted by molar-refractivity contribution is 0.531. The standard InChI is InChI=1S/C11H18ClN7/c1-6-10(12)9(18(2)17-6)4-8(16-14)7-5-15-19(3)11(7)13/h5,8,16H,4,13-14H2,1-3H3. The zero-order chi connectivity index (χ0) is 14.2. The molecule has 0 bridgehead atoms. The first-order chi connectivity index (χ1) is 8.95. The predicted molar refractivity (Wildman–Crippen MR) is 74.3 cm³/mol. The topological polar surface area (TPSA) is 99.7 Å². The molecule has 0 saturated carbocycles. The highest BCUT2D eigenvalue weighted by Gasteiger charge is 2.21. The highest BCUT2D eigenvalue weighted by Crippen LogP contribution is 2.27. The van der Waals surface area contributed by atoms with Crippen LogP contribution in [-0.2, 0) is 20.5 Å². The lowest BCUT2D eigenvalue weighted by Gasteiger charge is -2.15. The van der Waals surface area contributed by atoms with Gasteiger partial charge in [0.1, 0.15) is 5.82 Å². The number of aryl methyl sites for hydroxylation is 3. The van der Waals surface area contributed by atoms with Crippen molar-refractivity contribution >= 4 is 17.4 Å². The second kappa shape index (κ2) is 5.20. The maximum Gasteiger partial charge on any atom is 0.126 e. The van der Waals surface area contributed by atoms with Gasteiger partial charge in [-0.2, -0.15) is 10.2 Å². The fraction of sp³-hybridized carbons (Fsp3) is 0.455. The summed E-state index contributed by atoms with van der Waals surface area (Å²) in [5, 5.41) is 9.06. The molecule has 2 heterocycles. The number of hydrogen-bond acceptors (Lipinski definition) is 5. The van der Waals surface area contributed by atoms with E-state index >= 15 is 0 Å². The second-order valence-corrected chi connectivity index (χ2v) is 4.88. The van der Waals surface area contributed by atoms with Gasteiger partial charge in [0.15, 0.2) is 0 Å². The molecule has 0 aliphatic heterocycles. The number of hydrazine groups is 1. The number of nitrogens with zero attached hydrogens (tertiary/aromatic N) is 4. The van der Waals surface area contributed by atoms with Gasteiger partial charge in [0.05, 0.1) is 28.6 Å². The molecule has 0 fully saturated rings. The van der Waals surface area contributed by atoms with Crippen molar-refractivity contribution in [3.8, 4) is 0 Å². The number of rotatable bonds is 4. The van der Waals surface area contributed by atoms with Crippen LogP contribution in [0.1, 0.15) is 23.0 Å². The zero-order valence-electron chi connectivity index (χ0n) is 11.2. The molecule has 19 heavy (non-hydrogen) atoms. The van der Waals surface area contributed by atoms with Gasteiger partial charge in [-0.25, -0.2) is 0 Å². The third-order valence-electron chi connectivity index (χ3n) is 3.25. The summed E-state index contributed by atoms with van der Waals surface area (Å²) >= 11 is 6.24. The summed E-state index contributed by atoms with van der Waals surface area (Å²) in [5.74, 6) is 6.20. The maximum atomic E-state index is 6.24. The van der Waals surface area contributed by atoms with Crippen LogP contribution in [-0.4, -0.2) is 19.6 Å². The van der Waals surface area contributed by atoms with Gasteiger partial charge in [0, 0.05) is 26.1 Å². The molecule has 7 nitrogen and oxygen atoms in total. The van der Waals surface area contributed by atoms with Crippen LogP contribution < -0.4 is 17.0 Å². The molecule has 2 rings (SSSR count). The largest absolute Gasteiger partial charge is 0.384 e. The molecule has 2 aromatic rings. The molecule has 0 aromatic carbocycles. The maximum absolute atomic E-state index is 6.24. The third kappa shape index (κ3) is 2.44. The number of nitrogens with two attached hydrogens (primary N) is 2. The summed E-state index contributed by atoms with van der Waals surface area (Å²) in [6.45, 7) is 1.87. The van der Waals surface area contributed by atoms with Gasteiger partial charge in [-0.05, 0) is 6.92 Å². The Morgan fingerprint density at radius 1 is 1.42 bits per heavy atom. The lowest BCUT2D eigenvalue weighted by atomic mass is 10.1. The minimum atomic E-state index is -0.166. The van der Waals surface area contributed by atoms with Crippen molar-refractivity contribution in [1.29, 1.82) is 0 Å². The number of anilines is 1. The normalized spacial score (nSPS) is 12.9. The monoisotopic (exact) mass is 283 g/mol. The van der Waals surface area contributed by atoms with Crippen molar-refractivity contribution in [2.45, 2.75) is 19.4 Å². The van der Waals surface area contributed by atoms with Crippen molar-refractivity contribution in [2.24, 2.45) is 19.9 Å². The first kappa shape index (κ1) is 13.9. The summed E-state index contributed by atoms with van der Waals surface area (Å²) in [5.41, 5.74) is 11.3. The van der Waals surface area contributed by atoms with Crippen molar-refractivity contribution in [3.63, 3.8) is 0 Å². The van der Waals surface area contributed by atoms with Gasteiger partial charge in [0.25, 0.3) is 0 Å². The van der Waals surface area contributed by atoms with Gasteiger partial charge >= 0.3 is 0 Å². The highest BCUT2D eigenvalue weighted by molar-refractivity contribution is 6.31. The molecule has 0 aliphatic rings. The molecule has 0 saturated heterocycles. The summed E-state index contributed by atoms with van der Waals surface area (Å²) in [7, 11) is 3.64. The van der Waals surface area contributed by atoms with Crippen molar-refractivity contribution in [1.82, 2.24) is 25.0 Å². The smallest absolute Gasteiger partial charge is 0.126 e. The third-order valence-corrected chi connectivity index (χ3v) is 3.74. The van der Waals surface area contributed by atoms with Crippen LogP contribution in [0.15, 0.2) is 6.20 Å². The summed E-state index contributed by atoms with van der Waals surface area (Å²) in [6.07, 6.45) is 2.29. The first-order valence-electron chi connectivity index (χ1n) is 5.87. The van der Waals surface area contributed by atoms with Crippen LogP contribution in [0.25, 0.3) is 0 Å². The number of nitrogen functional groups attached to an aromatic ring is 1.